The number of rotatable bonds is 6. The molecule has 1 saturated carbocycles. The van der Waals surface area contributed by atoms with Crippen LogP contribution in [0.2, 0.25) is 0 Å². The Morgan fingerprint density at radius 2 is 2.00 bits per heavy atom. The molecular formula is C17H32O3. The summed E-state index contributed by atoms with van der Waals surface area (Å²) in [5.74, 6) is -0.508. The van der Waals surface area contributed by atoms with E-state index in [2.05, 4.69) is 20.8 Å². The summed E-state index contributed by atoms with van der Waals surface area (Å²) < 4.78 is 6.23. The average Bonchev–Trinajstić information content (AvgIpc) is 2.25. The van der Waals surface area contributed by atoms with Crippen LogP contribution < -0.4 is 0 Å². The molecule has 0 radical (unpaired) electrons. The van der Waals surface area contributed by atoms with Crippen LogP contribution in [0.1, 0.15) is 73.6 Å². The Hall–Kier alpha value is -0.570. The van der Waals surface area contributed by atoms with Crippen molar-refractivity contribution < 1.29 is 14.6 Å². The molecule has 0 heterocycles. The summed E-state index contributed by atoms with van der Waals surface area (Å²) in [5, 5.41) is 9.04. The smallest absolute Gasteiger partial charge is 0.306 e. The van der Waals surface area contributed by atoms with Crippen LogP contribution >= 0.6 is 0 Å². The van der Waals surface area contributed by atoms with Gasteiger partial charge in [0.05, 0.1) is 17.6 Å². The van der Waals surface area contributed by atoms with Crippen molar-refractivity contribution in [2.75, 3.05) is 0 Å². The molecule has 0 bridgehead atoms. The van der Waals surface area contributed by atoms with Crippen molar-refractivity contribution in [1.29, 1.82) is 0 Å². The zero-order valence-electron chi connectivity index (χ0n) is 14.0. The van der Waals surface area contributed by atoms with Crippen molar-refractivity contribution in [3.63, 3.8) is 0 Å². The Morgan fingerprint density at radius 1 is 1.40 bits per heavy atom. The first-order valence-corrected chi connectivity index (χ1v) is 7.93. The highest BCUT2D eigenvalue weighted by Gasteiger charge is 2.34. The van der Waals surface area contributed by atoms with Crippen LogP contribution in [0.15, 0.2) is 0 Å². The van der Waals surface area contributed by atoms with Crippen molar-refractivity contribution in [3.05, 3.63) is 0 Å². The molecule has 0 aliphatic heterocycles. The predicted molar refractivity (Wildman–Crippen MR) is 81.8 cm³/mol. The maximum absolute atomic E-state index is 11.0. The highest BCUT2D eigenvalue weighted by molar-refractivity contribution is 5.69. The molecule has 20 heavy (non-hydrogen) atoms. The lowest BCUT2D eigenvalue weighted by atomic mass is 9.70. The zero-order valence-corrected chi connectivity index (χ0v) is 14.0. The summed E-state index contributed by atoms with van der Waals surface area (Å²) in [6.45, 7) is 12.6. The normalized spacial score (nSPS) is 26.0. The predicted octanol–water partition coefficient (Wildman–Crippen LogP) is 4.50. The third-order valence-electron chi connectivity index (χ3n) is 4.63. The maximum Gasteiger partial charge on any atom is 0.306 e. The quantitative estimate of drug-likeness (QED) is 0.781. The van der Waals surface area contributed by atoms with E-state index in [0.717, 1.165) is 0 Å². The summed E-state index contributed by atoms with van der Waals surface area (Å²) in [7, 11) is 0. The number of hydrogen-bond acceptors (Lipinski definition) is 2. The van der Waals surface area contributed by atoms with E-state index >= 15 is 0 Å². The van der Waals surface area contributed by atoms with Gasteiger partial charge in [0.25, 0.3) is 0 Å². The number of carbonyl (C=O) groups is 1. The van der Waals surface area contributed by atoms with Gasteiger partial charge in [0, 0.05) is 0 Å². The second-order valence-electron chi connectivity index (χ2n) is 8.05. The van der Waals surface area contributed by atoms with Crippen LogP contribution in [0.4, 0.5) is 0 Å². The second kappa shape index (κ2) is 6.46. The lowest BCUT2D eigenvalue weighted by Gasteiger charge is -2.41. The Labute approximate surface area is 124 Å². The van der Waals surface area contributed by atoms with Crippen LogP contribution in [-0.4, -0.2) is 22.8 Å². The van der Waals surface area contributed by atoms with Crippen molar-refractivity contribution >= 4 is 5.97 Å². The molecule has 118 valence electrons. The Bertz CT molecular complexity index is 333. The molecule has 0 saturated heterocycles. The summed E-state index contributed by atoms with van der Waals surface area (Å²) in [6.07, 6.45) is 5.77. The molecule has 0 unspecified atom stereocenters. The van der Waals surface area contributed by atoms with E-state index in [4.69, 9.17) is 9.84 Å². The fourth-order valence-electron chi connectivity index (χ4n) is 3.63. The SMILES string of the molecule is C[C@H](CC(C)(C)O[C@H](C)[C@@H]1CCCC(C)(C)C1)C(=O)O. The largest absolute Gasteiger partial charge is 0.481 e. The fraction of sp³-hybridized carbons (Fsp3) is 0.941. The van der Waals surface area contributed by atoms with E-state index in [9.17, 15) is 4.79 Å². The minimum absolute atomic E-state index is 0.200. The third-order valence-corrected chi connectivity index (χ3v) is 4.63. The van der Waals surface area contributed by atoms with Gasteiger partial charge in [-0.1, -0.05) is 27.2 Å². The van der Waals surface area contributed by atoms with Gasteiger partial charge < -0.3 is 9.84 Å². The number of ether oxygens (including phenoxy) is 1. The van der Waals surface area contributed by atoms with Crippen LogP contribution in [0.5, 0.6) is 0 Å². The molecule has 0 aromatic heterocycles. The molecule has 0 spiro atoms. The molecule has 0 amide bonds. The van der Waals surface area contributed by atoms with E-state index < -0.39 is 5.97 Å². The van der Waals surface area contributed by atoms with Gasteiger partial charge in [0.2, 0.25) is 0 Å². The lowest BCUT2D eigenvalue weighted by molar-refractivity contribution is -0.147. The fourth-order valence-corrected chi connectivity index (χ4v) is 3.63. The van der Waals surface area contributed by atoms with Gasteiger partial charge >= 0.3 is 5.97 Å². The van der Waals surface area contributed by atoms with Crippen LogP contribution in [0.25, 0.3) is 0 Å². The average molecular weight is 284 g/mol. The highest BCUT2D eigenvalue weighted by atomic mass is 16.5. The molecular weight excluding hydrogens is 252 g/mol. The Kier molecular flexibility index (Phi) is 5.65. The van der Waals surface area contributed by atoms with Gasteiger partial charge in [-0.25, -0.2) is 0 Å². The molecule has 1 N–H and O–H groups in total. The summed E-state index contributed by atoms with van der Waals surface area (Å²) in [5.41, 5.74) is 0.0395. The molecule has 0 aromatic carbocycles. The van der Waals surface area contributed by atoms with Gasteiger partial charge in [-0.2, -0.15) is 0 Å². The van der Waals surface area contributed by atoms with Gasteiger partial charge in [-0.15, -0.1) is 0 Å². The molecule has 3 heteroatoms. The molecule has 1 fully saturated rings. The van der Waals surface area contributed by atoms with Crippen molar-refractivity contribution in [2.24, 2.45) is 17.3 Å². The van der Waals surface area contributed by atoms with E-state index in [1.54, 1.807) is 6.92 Å². The molecule has 1 aliphatic rings. The molecule has 1 rings (SSSR count). The zero-order chi connectivity index (χ0) is 15.6. The Morgan fingerprint density at radius 3 is 2.50 bits per heavy atom. The first-order chi connectivity index (χ1) is 9.02. The lowest BCUT2D eigenvalue weighted by Crippen LogP contribution is -2.38. The number of aliphatic carboxylic acids is 1. The van der Waals surface area contributed by atoms with Gasteiger partial charge in [0.1, 0.15) is 0 Å². The van der Waals surface area contributed by atoms with E-state index in [1.165, 1.54) is 25.7 Å². The second-order valence-corrected chi connectivity index (χ2v) is 8.05. The summed E-state index contributed by atoms with van der Waals surface area (Å²) in [4.78, 5) is 11.0. The molecule has 1 aliphatic carbocycles. The minimum Gasteiger partial charge on any atom is -0.481 e. The maximum atomic E-state index is 11.0. The highest BCUT2D eigenvalue weighted by Crippen LogP contribution is 2.41. The van der Waals surface area contributed by atoms with E-state index in [0.29, 0.717) is 17.8 Å². The van der Waals surface area contributed by atoms with Gasteiger partial charge in [-0.3, -0.25) is 4.79 Å². The first-order valence-electron chi connectivity index (χ1n) is 7.93. The van der Waals surface area contributed by atoms with Crippen molar-refractivity contribution in [3.8, 4) is 0 Å². The van der Waals surface area contributed by atoms with Crippen LogP contribution in [0.3, 0.4) is 0 Å². The molecule has 3 nitrogen and oxygen atoms in total. The summed E-state index contributed by atoms with van der Waals surface area (Å²) >= 11 is 0. The first kappa shape index (κ1) is 17.5. The molecule has 0 aromatic rings. The topological polar surface area (TPSA) is 46.5 Å². The standard InChI is InChI=1S/C17H32O3/c1-12(15(18)19)10-17(5,6)20-13(2)14-8-7-9-16(3,4)11-14/h12-14H,7-11H2,1-6H3,(H,18,19)/t12-,13-,14-/m1/s1. The van der Waals surface area contributed by atoms with Crippen LogP contribution in [-0.2, 0) is 9.53 Å². The number of hydrogen-bond donors (Lipinski definition) is 1. The van der Waals surface area contributed by atoms with Gasteiger partial charge in [0.15, 0.2) is 0 Å². The third kappa shape index (κ3) is 5.43. The Balaban J connectivity index is 2.55. The van der Waals surface area contributed by atoms with Gasteiger partial charge in [-0.05, 0) is 57.8 Å². The number of carboxylic acids is 1. The van der Waals surface area contributed by atoms with E-state index in [-0.39, 0.29) is 17.6 Å². The van der Waals surface area contributed by atoms with Crippen molar-refractivity contribution in [1.82, 2.24) is 0 Å². The van der Waals surface area contributed by atoms with Crippen molar-refractivity contribution in [2.45, 2.75) is 85.4 Å². The monoisotopic (exact) mass is 284 g/mol. The molecule has 3 atom stereocenters. The number of carboxylic acid groups (broad SMARTS) is 1. The van der Waals surface area contributed by atoms with Crippen LogP contribution in [0, 0.1) is 17.3 Å². The van der Waals surface area contributed by atoms with E-state index in [1.807, 2.05) is 13.8 Å². The minimum atomic E-state index is -0.742. The summed E-state index contributed by atoms with van der Waals surface area (Å²) in [6, 6.07) is 0.